The van der Waals surface area contributed by atoms with Gasteiger partial charge in [0.05, 0.1) is 5.56 Å². The molecule has 0 radical (unpaired) electrons. The van der Waals surface area contributed by atoms with Crippen LogP contribution in [0.1, 0.15) is 31.2 Å². The van der Waals surface area contributed by atoms with Crippen molar-refractivity contribution >= 4 is 11.6 Å². The number of hydrogen-bond acceptors (Lipinski definition) is 3. The molecule has 1 N–H and O–H groups in total. The molecule has 19 heavy (non-hydrogen) atoms. The quantitative estimate of drug-likeness (QED) is 0.913. The zero-order valence-corrected chi connectivity index (χ0v) is 11.1. The maximum absolute atomic E-state index is 12.9. The van der Waals surface area contributed by atoms with Crippen molar-refractivity contribution in [2.45, 2.75) is 37.9 Å². The summed E-state index contributed by atoms with van der Waals surface area (Å²) in [6.45, 7) is 0. The highest BCUT2D eigenvalue weighted by molar-refractivity contribution is 5.51. The van der Waals surface area contributed by atoms with E-state index in [-0.39, 0.29) is 5.82 Å². The summed E-state index contributed by atoms with van der Waals surface area (Å²) in [6.07, 6.45) is -0.0495. The highest BCUT2D eigenvalue weighted by Crippen LogP contribution is 2.34. The van der Waals surface area contributed by atoms with Crippen molar-refractivity contribution in [1.29, 1.82) is 0 Å². The van der Waals surface area contributed by atoms with Crippen molar-refractivity contribution in [1.82, 2.24) is 4.98 Å². The summed E-state index contributed by atoms with van der Waals surface area (Å²) < 4.78 is 38.6. The van der Waals surface area contributed by atoms with Gasteiger partial charge >= 0.3 is 6.18 Å². The van der Waals surface area contributed by atoms with E-state index in [1.807, 2.05) is 11.9 Å². The SMILES string of the molecule is CNc1cc(C(F)(F)F)cc(N(C)C2CCCC2)n1. The second kappa shape index (κ2) is 5.27. The molecule has 0 amide bonds. The zero-order valence-electron chi connectivity index (χ0n) is 11.1. The molecule has 0 bridgehead atoms. The minimum atomic E-state index is -4.35. The van der Waals surface area contributed by atoms with Gasteiger partial charge in [0.25, 0.3) is 0 Å². The van der Waals surface area contributed by atoms with Gasteiger partial charge in [0.1, 0.15) is 11.6 Å². The third kappa shape index (κ3) is 3.11. The van der Waals surface area contributed by atoms with Crippen LogP contribution in [-0.2, 0) is 6.18 Å². The number of alkyl halides is 3. The van der Waals surface area contributed by atoms with Crippen LogP contribution in [0.25, 0.3) is 0 Å². The van der Waals surface area contributed by atoms with E-state index in [0.717, 1.165) is 37.8 Å². The van der Waals surface area contributed by atoms with Crippen LogP contribution in [0.3, 0.4) is 0 Å². The third-order valence-electron chi connectivity index (χ3n) is 3.63. The standard InChI is InChI=1S/C13H18F3N3/c1-17-11-7-9(13(14,15)16)8-12(18-11)19(2)10-5-3-4-6-10/h7-8,10H,3-6H2,1-2H3,(H,17,18). The maximum atomic E-state index is 12.9. The Morgan fingerprint density at radius 1 is 1.26 bits per heavy atom. The van der Waals surface area contributed by atoms with Crippen LogP contribution in [-0.4, -0.2) is 25.1 Å². The Bertz CT molecular complexity index is 439. The molecule has 106 valence electrons. The number of hydrogen-bond donors (Lipinski definition) is 1. The monoisotopic (exact) mass is 273 g/mol. The van der Waals surface area contributed by atoms with E-state index in [2.05, 4.69) is 10.3 Å². The van der Waals surface area contributed by atoms with Gasteiger partial charge in [-0.1, -0.05) is 12.8 Å². The number of pyridine rings is 1. The molecule has 1 fully saturated rings. The fourth-order valence-electron chi connectivity index (χ4n) is 2.47. The minimum Gasteiger partial charge on any atom is -0.373 e. The summed E-state index contributed by atoms with van der Waals surface area (Å²) in [5, 5.41) is 2.69. The second-order valence-corrected chi connectivity index (χ2v) is 4.90. The molecular weight excluding hydrogens is 255 g/mol. The van der Waals surface area contributed by atoms with Gasteiger partial charge in [0.2, 0.25) is 0 Å². The van der Waals surface area contributed by atoms with Gasteiger partial charge in [-0.3, -0.25) is 0 Å². The predicted octanol–water partition coefficient (Wildman–Crippen LogP) is 3.52. The number of halogens is 3. The fourth-order valence-corrected chi connectivity index (χ4v) is 2.47. The molecule has 0 aliphatic heterocycles. The Labute approximate surface area is 110 Å². The van der Waals surface area contributed by atoms with Crippen molar-refractivity contribution in [3.63, 3.8) is 0 Å². The lowest BCUT2D eigenvalue weighted by molar-refractivity contribution is -0.137. The minimum absolute atomic E-state index is 0.245. The summed E-state index contributed by atoms with van der Waals surface area (Å²) in [4.78, 5) is 6.09. The van der Waals surface area contributed by atoms with Gasteiger partial charge in [0.15, 0.2) is 0 Å². The first-order valence-electron chi connectivity index (χ1n) is 6.41. The van der Waals surface area contributed by atoms with Gasteiger partial charge < -0.3 is 10.2 Å². The molecule has 1 aliphatic rings. The molecule has 3 nitrogen and oxygen atoms in total. The van der Waals surface area contributed by atoms with Crippen LogP contribution in [0.15, 0.2) is 12.1 Å². The Morgan fingerprint density at radius 3 is 2.42 bits per heavy atom. The highest BCUT2D eigenvalue weighted by Gasteiger charge is 2.32. The van der Waals surface area contributed by atoms with E-state index in [1.54, 1.807) is 7.05 Å². The van der Waals surface area contributed by atoms with Crippen LogP contribution in [0.5, 0.6) is 0 Å². The molecule has 0 aromatic carbocycles. The summed E-state index contributed by atoms with van der Waals surface area (Å²) >= 11 is 0. The Balaban J connectivity index is 2.33. The lowest BCUT2D eigenvalue weighted by Gasteiger charge is -2.26. The lowest BCUT2D eigenvalue weighted by atomic mass is 10.2. The van der Waals surface area contributed by atoms with E-state index in [4.69, 9.17) is 0 Å². The topological polar surface area (TPSA) is 28.2 Å². The van der Waals surface area contributed by atoms with Gasteiger partial charge in [-0.05, 0) is 25.0 Å². The first kappa shape index (κ1) is 14.0. The summed E-state index contributed by atoms with van der Waals surface area (Å²) in [5.41, 5.74) is -0.660. The van der Waals surface area contributed by atoms with Gasteiger partial charge in [-0.15, -0.1) is 0 Å². The first-order valence-corrected chi connectivity index (χ1v) is 6.41. The van der Waals surface area contributed by atoms with Crippen molar-refractivity contribution in [3.8, 4) is 0 Å². The smallest absolute Gasteiger partial charge is 0.373 e. The molecule has 1 saturated carbocycles. The van der Waals surface area contributed by atoms with Crippen LogP contribution in [0.4, 0.5) is 24.8 Å². The number of nitrogens with zero attached hydrogens (tertiary/aromatic N) is 2. The largest absolute Gasteiger partial charge is 0.416 e. The fraction of sp³-hybridized carbons (Fsp3) is 0.615. The maximum Gasteiger partial charge on any atom is 0.416 e. The Kier molecular flexibility index (Phi) is 3.87. The molecule has 0 atom stereocenters. The lowest BCUT2D eigenvalue weighted by Crippen LogP contribution is -2.30. The predicted molar refractivity (Wildman–Crippen MR) is 69.4 cm³/mol. The molecule has 1 aliphatic carbocycles. The third-order valence-corrected chi connectivity index (χ3v) is 3.63. The first-order chi connectivity index (χ1) is 8.91. The van der Waals surface area contributed by atoms with Crippen LogP contribution in [0.2, 0.25) is 0 Å². The summed E-state index contributed by atoms with van der Waals surface area (Å²) in [5.74, 6) is 0.626. The van der Waals surface area contributed by atoms with Crippen molar-refractivity contribution in [3.05, 3.63) is 17.7 Å². The van der Waals surface area contributed by atoms with E-state index in [0.29, 0.717) is 11.9 Å². The van der Waals surface area contributed by atoms with E-state index in [1.165, 1.54) is 0 Å². The average molecular weight is 273 g/mol. The van der Waals surface area contributed by atoms with Crippen molar-refractivity contribution in [2.24, 2.45) is 0 Å². The highest BCUT2D eigenvalue weighted by atomic mass is 19.4. The normalized spacial score (nSPS) is 16.7. The Hall–Kier alpha value is -1.46. The average Bonchev–Trinajstić information content (AvgIpc) is 2.90. The molecule has 1 aromatic rings. The Morgan fingerprint density at radius 2 is 1.89 bits per heavy atom. The summed E-state index contributed by atoms with van der Waals surface area (Å²) in [7, 11) is 3.39. The van der Waals surface area contributed by atoms with Crippen molar-refractivity contribution in [2.75, 3.05) is 24.3 Å². The molecular formula is C13H18F3N3. The van der Waals surface area contributed by atoms with Crippen LogP contribution < -0.4 is 10.2 Å². The van der Waals surface area contributed by atoms with Crippen molar-refractivity contribution < 1.29 is 13.2 Å². The number of rotatable bonds is 3. The van der Waals surface area contributed by atoms with Gasteiger partial charge in [-0.25, -0.2) is 4.98 Å². The van der Waals surface area contributed by atoms with E-state index >= 15 is 0 Å². The number of anilines is 2. The molecule has 0 spiro atoms. The molecule has 6 heteroatoms. The number of aromatic nitrogens is 1. The van der Waals surface area contributed by atoms with Gasteiger partial charge in [-0.2, -0.15) is 13.2 Å². The molecule has 1 heterocycles. The molecule has 2 rings (SSSR count). The molecule has 0 saturated heterocycles. The summed E-state index contributed by atoms with van der Waals surface area (Å²) in [6, 6.07) is 2.45. The molecule has 1 aromatic heterocycles. The van der Waals surface area contributed by atoms with Gasteiger partial charge in [0, 0.05) is 20.1 Å². The van der Waals surface area contributed by atoms with Crippen LogP contribution in [0, 0.1) is 0 Å². The zero-order chi connectivity index (χ0) is 14.0. The molecule has 0 unspecified atom stereocenters. The van der Waals surface area contributed by atoms with Crippen LogP contribution >= 0.6 is 0 Å². The van der Waals surface area contributed by atoms with E-state index in [9.17, 15) is 13.2 Å². The van der Waals surface area contributed by atoms with E-state index < -0.39 is 11.7 Å². The number of nitrogens with one attached hydrogen (secondary N) is 1. The second-order valence-electron chi connectivity index (χ2n) is 4.90.